The Morgan fingerprint density at radius 1 is 1.10 bits per heavy atom. The maximum absolute atomic E-state index is 3.87. The number of nitrogens with one attached hydrogen (secondary N) is 1. The van der Waals surface area contributed by atoms with Gasteiger partial charge in [-0.3, -0.25) is 4.90 Å². The van der Waals surface area contributed by atoms with Crippen molar-refractivity contribution in [2.45, 2.75) is 91.8 Å². The summed E-state index contributed by atoms with van der Waals surface area (Å²) in [5.41, 5.74) is 0.342. The van der Waals surface area contributed by atoms with Gasteiger partial charge < -0.3 is 5.32 Å². The highest BCUT2D eigenvalue weighted by atomic mass is 15.3. The summed E-state index contributed by atoms with van der Waals surface area (Å²) in [6.07, 6.45) is 5.11. The second-order valence-corrected chi connectivity index (χ2v) is 7.45. The average molecular weight is 283 g/mol. The molecule has 1 heterocycles. The lowest BCUT2D eigenvalue weighted by Gasteiger charge is -2.51. The van der Waals surface area contributed by atoms with Gasteiger partial charge in [0.1, 0.15) is 0 Å². The van der Waals surface area contributed by atoms with Crippen molar-refractivity contribution in [2.24, 2.45) is 11.8 Å². The van der Waals surface area contributed by atoms with Gasteiger partial charge in [0.05, 0.1) is 0 Å². The minimum atomic E-state index is 0.342. The molecule has 0 aromatic rings. The van der Waals surface area contributed by atoms with Crippen LogP contribution in [0.15, 0.2) is 0 Å². The molecule has 0 aliphatic carbocycles. The molecule has 0 bridgehead atoms. The second-order valence-electron chi connectivity index (χ2n) is 7.45. The minimum absolute atomic E-state index is 0.342. The Hall–Kier alpha value is -0.0800. The molecule has 1 N–H and O–H groups in total. The summed E-state index contributed by atoms with van der Waals surface area (Å²) in [4.78, 5) is 2.82. The zero-order valence-corrected chi connectivity index (χ0v) is 15.0. The Kier molecular flexibility index (Phi) is 7.00. The molecule has 3 unspecified atom stereocenters. The van der Waals surface area contributed by atoms with Crippen molar-refractivity contribution in [2.75, 3.05) is 13.1 Å². The van der Waals surface area contributed by atoms with Crippen molar-refractivity contribution < 1.29 is 0 Å². The first kappa shape index (κ1) is 18.0. The largest absolute Gasteiger partial charge is 0.308 e. The Balaban J connectivity index is 2.82. The van der Waals surface area contributed by atoms with Crippen LogP contribution in [0.2, 0.25) is 0 Å². The molecule has 20 heavy (non-hydrogen) atoms. The quantitative estimate of drug-likeness (QED) is 0.749. The SMILES string of the molecule is CCC(C)CC(C)N1CC(CC)(CC)NCC1C(C)C. The second kappa shape index (κ2) is 7.79. The fourth-order valence-corrected chi connectivity index (χ4v) is 3.67. The molecule has 2 heteroatoms. The third-order valence-corrected chi connectivity index (χ3v) is 5.73. The van der Waals surface area contributed by atoms with Crippen LogP contribution in [0.25, 0.3) is 0 Å². The van der Waals surface area contributed by atoms with E-state index in [0.29, 0.717) is 17.6 Å². The van der Waals surface area contributed by atoms with Gasteiger partial charge in [-0.25, -0.2) is 0 Å². The van der Waals surface area contributed by atoms with Crippen molar-refractivity contribution in [3.63, 3.8) is 0 Å². The van der Waals surface area contributed by atoms with Crippen LogP contribution >= 0.6 is 0 Å². The number of hydrogen-bond donors (Lipinski definition) is 1. The van der Waals surface area contributed by atoms with Gasteiger partial charge in [0.25, 0.3) is 0 Å². The first-order valence-corrected chi connectivity index (χ1v) is 8.89. The van der Waals surface area contributed by atoms with E-state index in [4.69, 9.17) is 0 Å². The smallest absolute Gasteiger partial charge is 0.0304 e. The number of piperazine rings is 1. The zero-order valence-electron chi connectivity index (χ0n) is 15.0. The topological polar surface area (TPSA) is 15.3 Å². The maximum Gasteiger partial charge on any atom is 0.0304 e. The van der Waals surface area contributed by atoms with Gasteiger partial charge >= 0.3 is 0 Å². The van der Waals surface area contributed by atoms with E-state index in [9.17, 15) is 0 Å². The predicted molar refractivity (Wildman–Crippen MR) is 90.2 cm³/mol. The monoisotopic (exact) mass is 282 g/mol. The lowest BCUT2D eigenvalue weighted by Crippen LogP contribution is -2.66. The summed E-state index contributed by atoms with van der Waals surface area (Å²) < 4.78 is 0. The molecular formula is C18H38N2. The van der Waals surface area contributed by atoms with Crippen LogP contribution in [0.1, 0.15) is 74.1 Å². The molecule has 0 aromatic carbocycles. The average Bonchev–Trinajstić information content (AvgIpc) is 2.46. The van der Waals surface area contributed by atoms with Crippen LogP contribution in [0.3, 0.4) is 0 Å². The van der Waals surface area contributed by atoms with Crippen molar-refractivity contribution in [1.82, 2.24) is 10.2 Å². The summed E-state index contributed by atoms with van der Waals surface area (Å²) in [6, 6.07) is 1.40. The number of hydrogen-bond acceptors (Lipinski definition) is 2. The molecule has 3 atom stereocenters. The highest BCUT2D eigenvalue weighted by molar-refractivity contribution is 4.99. The highest BCUT2D eigenvalue weighted by Gasteiger charge is 2.39. The van der Waals surface area contributed by atoms with Crippen LogP contribution in [-0.2, 0) is 0 Å². The maximum atomic E-state index is 3.87. The lowest BCUT2D eigenvalue weighted by molar-refractivity contribution is 0.0151. The Labute approximate surface area is 127 Å². The fourth-order valence-electron chi connectivity index (χ4n) is 3.67. The Morgan fingerprint density at radius 3 is 2.15 bits per heavy atom. The van der Waals surface area contributed by atoms with Crippen molar-refractivity contribution >= 4 is 0 Å². The summed E-state index contributed by atoms with van der Waals surface area (Å²) in [6.45, 7) is 19.0. The molecule has 1 rings (SSSR count). The third-order valence-electron chi connectivity index (χ3n) is 5.73. The molecule has 1 aliphatic heterocycles. The van der Waals surface area contributed by atoms with E-state index >= 15 is 0 Å². The van der Waals surface area contributed by atoms with Crippen molar-refractivity contribution in [3.05, 3.63) is 0 Å². The molecule has 1 fully saturated rings. The normalized spacial score (nSPS) is 26.7. The minimum Gasteiger partial charge on any atom is -0.308 e. The van der Waals surface area contributed by atoms with E-state index < -0.39 is 0 Å². The van der Waals surface area contributed by atoms with Gasteiger partial charge in [-0.15, -0.1) is 0 Å². The first-order valence-electron chi connectivity index (χ1n) is 8.89. The molecule has 1 saturated heterocycles. The van der Waals surface area contributed by atoms with E-state index in [1.54, 1.807) is 0 Å². The number of nitrogens with zero attached hydrogens (tertiary/aromatic N) is 1. The summed E-state index contributed by atoms with van der Waals surface area (Å²) in [5, 5.41) is 3.87. The van der Waals surface area contributed by atoms with Crippen LogP contribution in [-0.4, -0.2) is 35.6 Å². The van der Waals surface area contributed by atoms with E-state index in [1.807, 2.05) is 0 Å². The lowest BCUT2D eigenvalue weighted by atomic mass is 9.84. The van der Waals surface area contributed by atoms with Gasteiger partial charge in [-0.1, -0.05) is 48.0 Å². The third kappa shape index (κ3) is 4.21. The molecule has 0 aromatic heterocycles. The van der Waals surface area contributed by atoms with Crippen molar-refractivity contribution in [3.8, 4) is 0 Å². The predicted octanol–water partition coefficient (Wildman–Crippen LogP) is 4.30. The van der Waals surface area contributed by atoms with Gasteiger partial charge in [0.2, 0.25) is 0 Å². The summed E-state index contributed by atoms with van der Waals surface area (Å²) >= 11 is 0. The molecule has 1 aliphatic rings. The summed E-state index contributed by atoms with van der Waals surface area (Å²) in [7, 11) is 0. The van der Waals surface area contributed by atoms with Crippen LogP contribution in [0.5, 0.6) is 0 Å². The van der Waals surface area contributed by atoms with Gasteiger partial charge in [-0.05, 0) is 38.0 Å². The molecule has 2 nitrogen and oxygen atoms in total. The molecule has 120 valence electrons. The van der Waals surface area contributed by atoms with Crippen LogP contribution in [0, 0.1) is 11.8 Å². The van der Waals surface area contributed by atoms with E-state index in [2.05, 4.69) is 58.7 Å². The van der Waals surface area contributed by atoms with E-state index in [1.165, 1.54) is 32.2 Å². The molecule has 0 amide bonds. The van der Waals surface area contributed by atoms with Crippen LogP contribution in [0.4, 0.5) is 0 Å². The fraction of sp³-hybridized carbons (Fsp3) is 1.00. The highest BCUT2D eigenvalue weighted by Crippen LogP contribution is 2.29. The van der Waals surface area contributed by atoms with Crippen LogP contribution < -0.4 is 5.32 Å². The van der Waals surface area contributed by atoms with E-state index in [-0.39, 0.29) is 0 Å². The number of rotatable bonds is 7. The molecular weight excluding hydrogens is 244 g/mol. The van der Waals surface area contributed by atoms with E-state index in [0.717, 1.165) is 18.4 Å². The molecule has 0 spiro atoms. The zero-order chi connectivity index (χ0) is 15.3. The van der Waals surface area contributed by atoms with Gasteiger partial charge in [0, 0.05) is 30.7 Å². The Bertz CT molecular complexity index is 271. The Morgan fingerprint density at radius 2 is 1.70 bits per heavy atom. The standard InChI is InChI=1S/C18H38N2/c1-8-15(6)11-16(7)20-13-18(9-2,10-3)19-12-17(20)14(4)5/h14-17,19H,8-13H2,1-7H3. The summed E-state index contributed by atoms with van der Waals surface area (Å²) in [5.74, 6) is 1.57. The molecule has 0 saturated carbocycles. The van der Waals surface area contributed by atoms with Gasteiger partial charge in [0.15, 0.2) is 0 Å². The van der Waals surface area contributed by atoms with Gasteiger partial charge in [-0.2, -0.15) is 0 Å². The van der Waals surface area contributed by atoms with Crippen molar-refractivity contribution in [1.29, 1.82) is 0 Å². The first-order chi connectivity index (χ1) is 9.39. The molecule has 0 radical (unpaired) electrons.